The van der Waals surface area contributed by atoms with Crippen molar-refractivity contribution in [1.82, 2.24) is 5.32 Å². The summed E-state index contributed by atoms with van der Waals surface area (Å²) in [5, 5.41) is 3.53. The van der Waals surface area contributed by atoms with Gasteiger partial charge in [-0.25, -0.2) is 0 Å². The third kappa shape index (κ3) is 3.89. The van der Waals surface area contributed by atoms with E-state index in [4.69, 9.17) is 9.15 Å². The van der Waals surface area contributed by atoms with Crippen molar-refractivity contribution in [2.24, 2.45) is 0 Å². The number of hydrogen-bond donors (Lipinski definition) is 1. The molecule has 1 aromatic heterocycles. The lowest BCUT2D eigenvalue weighted by molar-refractivity contribution is 0.303. The number of benzene rings is 1. The monoisotopic (exact) mass is 349 g/mol. The Labute approximate surface area is 133 Å². The van der Waals surface area contributed by atoms with E-state index in [0.717, 1.165) is 29.1 Å². The smallest absolute Gasteiger partial charge is 0.169 e. The van der Waals surface area contributed by atoms with E-state index in [2.05, 4.69) is 40.3 Å². The van der Waals surface area contributed by atoms with Crippen molar-refractivity contribution in [3.63, 3.8) is 0 Å². The molecule has 21 heavy (non-hydrogen) atoms. The van der Waals surface area contributed by atoms with Crippen molar-refractivity contribution in [2.75, 3.05) is 6.54 Å². The molecule has 2 aromatic rings. The summed E-state index contributed by atoms with van der Waals surface area (Å²) in [7, 11) is 0. The van der Waals surface area contributed by atoms with E-state index >= 15 is 0 Å². The highest BCUT2D eigenvalue weighted by Crippen LogP contribution is 2.30. The molecule has 1 aliphatic carbocycles. The first-order valence-electron chi connectivity index (χ1n) is 7.51. The van der Waals surface area contributed by atoms with Crippen LogP contribution in [0.5, 0.6) is 5.75 Å². The zero-order valence-electron chi connectivity index (χ0n) is 12.1. The second kappa shape index (κ2) is 6.67. The third-order valence-electron chi connectivity index (χ3n) is 3.52. The molecule has 1 aliphatic rings. The second-order valence-corrected chi connectivity index (χ2v) is 6.20. The minimum atomic E-state index is 0.0752. The van der Waals surface area contributed by atoms with Crippen LogP contribution in [0.2, 0.25) is 0 Å². The Morgan fingerprint density at radius 2 is 2.00 bits per heavy atom. The van der Waals surface area contributed by atoms with Crippen molar-refractivity contribution in [3.8, 4) is 5.75 Å². The van der Waals surface area contributed by atoms with Gasteiger partial charge in [0.2, 0.25) is 0 Å². The molecule has 3 nitrogen and oxygen atoms in total. The van der Waals surface area contributed by atoms with E-state index in [-0.39, 0.29) is 6.04 Å². The van der Waals surface area contributed by atoms with Gasteiger partial charge < -0.3 is 14.5 Å². The molecule has 1 N–H and O–H groups in total. The van der Waals surface area contributed by atoms with Crippen LogP contribution in [0, 0.1) is 0 Å². The van der Waals surface area contributed by atoms with Crippen molar-refractivity contribution in [2.45, 2.75) is 38.3 Å². The summed E-state index contributed by atoms with van der Waals surface area (Å²) in [4.78, 5) is 0. The van der Waals surface area contributed by atoms with Crippen LogP contribution in [0.4, 0.5) is 0 Å². The highest BCUT2D eigenvalue weighted by molar-refractivity contribution is 9.10. The number of furan rings is 1. The number of ether oxygens (including phenoxy) is 1. The second-order valence-electron chi connectivity index (χ2n) is 5.42. The zero-order chi connectivity index (χ0) is 14.7. The van der Waals surface area contributed by atoms with Gasteiger partial charge in [0.15, 0.2) is 4.67 Å². The summed E-state index contributed by atoms with van der Waals surface area (Å²) in [6.07, 6.45) is 3.89. The van der Waals surface area contributed by atoms with Gasteiger partial charge in [0.25, 0.3) is 0 Å². The molecule has 0 amide bonds. The maximum Gasteiger partial charge on any atom is 0.169 e. The van der Waals surface area contributed by atoms with Gasteiger partial charge in [-0.1, -0.05) is 19.1 Å². The molecular formula is C17H20BrNO2. The number of hydrogen-bond acceptors (Lipinski definition) is 3. The van der Waals surface area contributed by atoms with Crippen LogP contribution in [0.25, 0.3) is 0 Å². The van der Waals surface area contributed by atoms with Gasteiger partial charge in [0, 0.05) is 0 Å². The maximum atomic E-state index is 5.80. The predicted octanol–water partition coefficient (Wildman–Crippen LogP) is 4.67. The van der Waals surface area contributed by atoms with E-state index in [9.17, 15) is 0 Å². The topological polar surface area (TPSA) is 34.4 Å². The normalized spacial score (nSPS) is 15.9. The van der Waals surface area contributed by atoms with E-state index in [1.807, 2.05) is 24.3 Å². The molecule has 4 heteroatoms. The lowest BCUT2D eigenvalue weighted by atomic mass is 10.0. The summed E-state index contributed by atoms with van der Waals surface area (Å²) in [5.41, 5.74) is 1.19. The summed E-state index contributed by atoms with van der Waals surface area (Å²) in [6.45, 7) is 3.11. The standard InChI is InChI=1S/C17H20BrNO2/c1-2-11-19-17(15-9-10-16(18)21-15)12-3-5-13(6-4-12)20-14-7-8-14/h3-6,9-10,14,17,19H,2,7-8,11H2,1H3. The van der Waals surface area contributed by atoms with Crippen LogP contribution in [0.1, 0.15) is 43.6 Å². The first-order valence-corrected chi connectivity index (χ1v) is 8.31. The van der Waals surface area contributed by atoms with Crippen molar-refractivity contribution in [1.29, 1.82) is 0 Å². The lowest BCUT2D eigenvalue weighted by Crippen LogP contribution is -2.22. The molecule has 1 saturated carbocycles. The Morgan fingerprint density at radius 1 is 1.24 bits per heavy atom. The lowest BCUT2D eigenvalue weighted by Gasteiger charge is -2.17. The average Bonchev–Trinajstić information content (AvgIpc) is 3.21. The van der Waals surface area contributed by atoms with Gasteiger partial charge >= 0.3 is 0 Å². The molecule has 3 rings (SSSR count). The Kier molecular flexibility index (Phi) is 4.66. The van der Waals surface area contributed by atoms with Crippen LogP contribution in [-0.4, -0.2) is 12.6 Å². The van der Waals surface area contributed by atoms with Crippen molar-refractivity contribution in [3.05, 3.63) is 52.4 Å². The minimum absolute atomic E-state index is 0.0752. The van der Waals surface area contributed by atoms with E-state index < -0.39 is 0 Å². The number of nitrogens with one attached hydrogen (secondary N) is 1. The molecule has 1 fully saturated rings. The minimum Gasteiger partial charge on any atom is -0.490 e. The molecule has 1 unspecified atom stereocenters. The van der Waals surface area contributed by atoms with Gasteiger partial charge in [-0.05, 0) is 71.6 Å². The molecule has 0 radical (unpaired) electrons. The summed E-state index contributed by atoms with van der Waals surface area (Å²) in [6, 6.07) is 12.3. The predicted molar refractivity (Wildman–Crippen MR) is 86.6 cm³/mol. The zero-order valence-corrected chi connectivity index (χ0v) is 13.7. The molecule has 0 saturated heterocycles. The van der Waals surface area contributed by atoms with Crippen LogP contribution >= 0.6 is 15.9 Å². The van der Waals surface area contributed by atoms with Crippen LogP contribution < -0.4 is 10.1 Å². The van der Waals surface area contributed by atoms with Gasteiger partial charge in [-0.15, -0.1) is 0 Å². The van der Waals surface area contributed by atoms with Crippen LogP contribution in [0.15, 0.2) is 45.5 Å². The van der Waals surface area contributed by atoms with Crippen molar-refractivity contribution >= 4 is 15.9 Å². The first-order chi connectivity index (χ1) is 10.3. The van der Waals surface area contributed by atoms with E-state index in [1.165, 1.54) is 18.4 Å². The SMILES string of the molecule is CCCNC(c1ccc(OC2CC2)cc1)c1ccc(Br)o1. The molecule has 1 atom stereocenters. The third-order valence-corrected chi connectivity index (χ3v) is 3.94. The quantitative estimate of drug-likeness (QED) is 0.788. The van der Waals surface area contributed by atoms with Crippen molar-refractivity contribution < 1.29 is 9.15 Å². The molecule has 1 aromatic carbocycles. The fourth-order valence-corrected chi connectivity index (χ4v) is 2.59. The summed E-state index contributed by atoms with van der Waals surface area (Å²) < 4.78 is 12.3. The fourth-order valence-electron chi connectivity index (χ4n) is 2.27. The van der Waals surface area contributed by atoms with Gasteiger partial charge in [-0.3, -0.25) is 0 Å². The molecule has 0 spiro atoms. The summed E-state index contributed by atoms with van der Waals surface area (Å²) >= 11 is 3.37. The molecule has 112 valence electrons. The maximum absolute atomic E-state index is 5.80. The van der Waals surface area contributed by atoms with E-state index in [0.29, 0.717) is 6.10 Å². The molecule has 0 aliphatic heterocycles. The largest absolute Gasteiger partial charge is 0.490 e. The molecule has 1 heterocycles. The highest BCUT2D eigenvalue weighted by Gasteiger charge is 2.23. The first kappa shape index (κ1) is 14.7. The average molecular weight is 350 g/mol. The number of halogens is 1. The Morgan fingerprint density at radius 3 is 2.57 bits per heavy atom. The van der Waals surface area contributed by atoms with Gasteiger partial charge in [0.1, 0.15) is 11.5 Å². The van der Waals surface area contributed by atoms with E-state index in [1.54, 1.807) is 0 Å². The molecule has 0 bridgehead atoms. The molecular weight excluding hydrogens is 330 g/mol. The van der Waals surface area contributed by atoms with Crippen LogP contribution in [0.3, 0.4) is 0 Å². The van der Waals surface area contributed by atoms with Crippen LogP contribution in [-0.2, 0) is 0 Å². The van der Waals surface area contributed by atoms with Gasteiger partial charge in [0.05, 0.1) is 12.1 Å². The number of rotatable bonds is 7. The highest BCUT2D eigenvalue weighted by atomic mass is 79.9. The summed E-state index contributed by atoms with van der Waals surface area (Å²) in [5.74, 6) is 1.88. The Hall–Kier alpha value is -1.26. The Balaban J connectivity index is 1.77. The Bertz CT molecular complexity index is 575. The fraction of sp³-hybridized carbons (Fsp3) is 0.412. The van der Waals surface area contributed by atoms with Gasteiger partial charge in [-0.2, -0.15) is 0 Å².